The van der Waals surface area contributed by atoms with Crippen LogP contribution in [0.25, 0.3) is 0 Å². The highest BCUT2D eigenvalue weighted by atomic mass is 16.1. The topological polar surface area (TPSA) is 60.7 Å². The first-order valence-electron chi connectivity index (χ1n) is 8.72. The van der Waals surface area contributed by atoms with Gasteiger partial charge in [0.1, 0.15) is 0 Å². The van der Waals surface area contributed by atoms with Crippen LogP contribution in [0.1, 0.15) is 28.8 Å². The van der Waals surface area contributed by atoms with E-state index in [2.05, 4.69) is 15.0 Å². The van der Waals surface area contributed by atoms with Gasteiger partial charge in [-0.2, -0.15) is 0 Å². The van der Waals surface area contributed by atoms with Gasteiger partial charge in [-0.25, -0.2) is 0 Å². The fourth-order valence-electron chi connectivity index (χ4n) is 3.37. The summed E-state index contributed by atoms with van der Waals surface area (Å²) in [6.45, 7) is 0. The van der Waals surface area contributed by atoms with E-state index in [4.69, 9.17) is 0 Å². The molecule has 5 heteroatoms. The molecule has 132 valence electrons. The van der Waals surface area contributed by atoms with Gasteiger partial charge in [0.25, 0.3) is 5.56 Å². The average molecular weight is 354 g/mol. The summed E-state index contributed by atoms with van der Waals surface area (Å²) in [5.41, 5.74) is 2.73. The molecule has 5 nitrogen and oxygen atoms in total. The van der Waals surface area contributed by atoms with Crippen molar-refractivity contribution in [3.05, 3.63) is 125 Å². The minimum absolute atomic E-state index is 0.0778. The Morgan fingerprint density at radius 3 is 2.00 bits per heavy atom. The van der Waals surface area contributed by atoms with E-state index in [0.29, 0.717) is 0 Å². The second-order valence-corrected chi connectivity index (χ2v) is 6.20. The molecule has 0 saturated heterocycles. The third-order valence-electron chi connectivity index (χ3n) is 4.54. The fraction of sp³-hybridized carbons (Fsp3) is 0.0909. The standard InChI is InChI=1S/C22H18N4O/c27-20-10-2-4-14-26(20)22(19-9-1-3-13-25-19)21(17-7-5-11-23-15-17)18-8-6-12-24-16-18/h1-16,21-22H/t22-/m1/s1. The molecule has 0 radical (unpaired) electrons. The molecular formula is C22H18N4O. The van der Waals surface area contributed by atoms with Crippen molar-refractivity contribution in [3.8, 4) is 0 Å². The molecule has 27 heavy (non-hydrogen) atoms. The van der Waals surface area contributed by atoms with Gasteiger partial charge in [0.05, 0.1) is 11.7 Å². The molecular weight excluding hydrogens is 336 g/mol. The molecule has 0 spiro atoms. The molecule has 0 N–H and O–H groups in total. The van der Waals surface area contributed by atoms with E-state index in [1.807, 2.05) is 60.9 Å². The third-order valence-corrected chi connectivity index (χ3v) is 4.54. The maximum atomic E-state index is 12.7. The van der Waals surface area contributed by atoms with Crippen LogP contribution in [0.4, 0.5) is 0 Å². The van der Waals surface area contributed by atoms with E-state index in [1.54, 1.807) is 41.5 Å². The van der Waals surface area contributed by atoms with Gasteiger partial charge in [0.2, 0.25) is 0 Å². The summed E-state index contributed by atoms with van der Waals surface area (Å²) in [4.78, 5) is 25.9. The summed E-state index contributed by atoms with van der Waals surface area (Å²) in [6.07, 6.45) is 10.7. The van der Waals surface area contributed by atoms with Gasteiger partial charge in [-0.3, -0.25) is 19.7 Å². The molecule has 0 bridgehead atoms. The summed E-state index contributed by atoms with van der Waals surface area (Å²) < 4.78 is 1.73. The van der Waals surface area contributed by atoms with Crippen molar-refractivity contribution in [1.82, 2.24) is 19.5 Å². The molecule has 0 aromatic carbocycles. The second kappa shape index (κ2) is 7.74. The Labute approximate surface area is 157 Å². The molecule has 0 unspecified atom stereocenters. The maximum Gasteiger partial charge on any atom is 0.251 e. The monoisotopic (exact) mass is 354 g/mol. The first-order valence-corrected chi connectivity index (χ1v) is 8.72. The van der Waals surface area contributed by atoms with Crippen LogP contribution in [0.15, 0.2) is 103 Å². The van der Waals surface area contributed by atoms with Gasteiger partial charge in [-0.15, -0.1) is 0 Å². The summed E-state index contributed by atoms with van der Waals surface area (Å²) in [7, 11) is 0. The molecule has 0 aliphatic carbocycles. The molecule has 4 aromatic heterocycles. The Morgan fingerprint density at radius 2 is 1.44 bits per heavy atom. The zero-order valence-corrected chi connectivity index (χ0v) is 14.6. The van der Waals surface area contributed by atoms with Crippen LogP contribution < -0.4 is 5.56 Å². The van der Waals surface area contributed by atoms with Crippen molar-refractivity contribution >= 4 is 0 Å². The SMILES string of the molecule is O=c1ccccn1[C@H](c1ccccn1)C(c1cccnc1)c1cccnc1. The van der Waals surface area contributed by atoms with Gasteiger partial charge < -0.3 is 4.57 Å². The Hall–Kier alpha value is -3.60. The fourth-order valence-corrected chi connectivity index (χ4v) is 3.37. The van der Waals surface area contributed by atoms with Gasteiger partial charge in [0, 0.05) is 49.2 Å². The van der Waals surface area contributed by atoms with E-state index >= 15 is 0 Å². The van der Waals surface area contributed by atoms with Crippen molar-refractivity contribution in [2.24, 2.45) is 0 Å². The van der Waals surface area contributed by atoms with E-state index in [9.17, 15) is 4.79 Å². The van der Waals surface area contributed by atoms with Crippen molar-refractivity contribution in [1.29, 1.82) is 0 Å². The summed E-state index contributed by atoms with van der Waals surface area (Å²) >= 11 is 0. The Morgan fingerprint density at radius 1 is 0.741 bits per heavy atom. The first kappa shape index (κ1) is 16.8. The Kier molecular flexibility index (Phi) is 4.83. The molecule has 4 rings (SSSR count). The predicted molar refractivity (Wildman–Crippen MR) is 103 cm³/mol. The molecule has 0 aliphatic rings. The summed E-state index contributed by atoms with van der Waals surface area (Å²) in [5.74, 6) is -0.164. The highest BCUT2D eigenvalue weighted by molar-refractivity contribution is 5.34. The molecule has 0 aliphatic heterocycles. The Balaban J connectivity index is 1.98. The van der Waals surface area contributed by atoms with Crippen LogP contribution in [-0.2, 0) is 0 Å². The molecule has 1 atom stereocenters. The lowest BCUT2D eigenvalue weighted by Gasteiger charge is -2.29. The predicted octanol–water partition coefficient (Wildman–Crippen LogP) is 3.45. The van der Waals surface area contributed by atoms with E-state index in [1.165, 1.54) is 0 Å². The van der Waals surface area contributed by atoms with Crippen LogP contribution in [0.3, 0.4) is 0 Å². The highest BCUT2D eigenvalue weighted by Crippen LogP contribution is 2.37. The zero-order valence-electron chi connectivity index (χ0n) is 14.6. The van der Waals surface area contributed by atoms with Crippen LogP contribution >= 0.6 is 0 Å². The summed E-state index contributed by atoms with van der Waals surface area (Å²) in [6, 6.07) is 18.5. The van der Waals surface area contributed by atoms with Gasteiger partial charge in [-0.1, -0.05) is 24.3 Å². The maximum absolute atomic E-state index is 12.7. The van der Waals surface area contributed by atoms with Crippen LogP contribution in [0.5, 0.6) is 0 Å². The van der Waals surface area contributed by atoms with E-state index in [-0.39, 0.29) is 17.5 Å². The minimum atomic E-state index is -0.326. The molecule has 4 heterocycles. The Bertz CT molecular complexity index is 1010. The smallest absolute Gasteiger partial charge is 0.251 e. The molecule has 4 aromatic rings. The van der Waals surface area contributed by atoms with E-state index < -0.39 is 0 Å². The number of hydrogen-bond donors (Lipinski definition) is 0. The first-order chi connectivity index (χ1) is 13.3. The molecule has 0 amide bonds. The van der Waals surface area contributed by atoms with Gasteiger partial charge >= 0.3 is 0 Å². The second-order valence-electron chi connectivity index (χ2n) is 6.20. The lowest BCUT2D eigenvalue weighted by atomic mass is 9.84. The highest BCUT2D eigenvalue weighted by Gasteiger charge is 2.30. The van der Waals surface area contributed by atoms with Gasteiger partial charge in [-0.05, 0) is 41.5 Å². The third kappa shape index (κ3) is 3.53. The normalized spacial score (nSPS) is 12.0. The zero-order chi connectivity index (χ0) is 18.5. The number of nitrogens with zero attached hydrogens (tertiary/aromatic N) is 4. The largest absolute Gasteiger partial charge is 0.305 e. The van der Waals surface area contributed by atoms with Crippen molar-refractivity contribution in [3.63, 3.8) is 0 Å². The molecule has 0 saturated carbocycles. The lowest BCUT2D eigenvalue weighted by molar-refractivity contribution is 0.493. The van der Waals surface area contributed by atoms with Crippen molar-refractivity contribution in [2.75, 3.05) is 0 Å². The average Bonchev–Trinajstić information content (AvgIpc) is 2.74. The summed E-state index contributed by atoms with van der Waals surface area (Å²) in [5, 5.41) is 0. The number of hydrogen-bond acceptors (Lipinski definition) is 4. The quantitative estimate of drug-likeness (QED) is 0.551. The van der Waals surface area contributed by atoms with Crippen LogP contribution in [0, 0.1) is 0 Å². The number of pyridine rings is 4. The number of rotatable bonds is 5. The van der Waals surface area contributed by atoms with Crippen LogP contribution in [-0.4, -0.2) is 19.5 Å². The van der Waals surface area contributed by atoms with Crippen molar-refractivity contribution in [2.45, 2.75) is 12.0 Å². The number of aromatic nitrogens is 4. The lowest BCUT2D eigenvalue weighted by Crippen LogP contribution is -2.30. The van der Waals surface area contributed by atoms with Crippen LogP contribution in [0.2, 0.25) is 0 Å². The minimum Gasteiger partial charge on any atom is -0.305 e. The molecule has 0 fully saturated rings. The van der Waals surface area contributed by atoms with Crippen molar-refractivity contribution < 1.29 is 0 Å². The van der Waals surface area contributed by atoms with Gasteiger partial charge in [0.15, 0.2) is 0 Å². The van der Waals surface area contributed by atoms with E-state index in [0.717, 1.165) is 16.8 Å².